The molecule has 0 fully saturated rings. The van der Waals surface area contributed by atoms with Crippen molar-refractivity contribution in [3.63, 3.8) is 0 Å². The topological polar surface area (TPSA) is 30.2 Å². The minimum absolute atomic E-state index is 0.0591. The van der Waals surface area contributed by atoms with E-state index < -0.39 is 0 Å². The van der Waals surface area contributed by atoms with E-state index in [0.717, 1.165) is 59.4 Å². The van der Waals surface area contributed by atoms with Gasteiger partial charge in [-0.25, -0.2) is 0 Å². The second-order valence-electron chi connectivity index (χ2n) is 6.62. The first kappa shape index (κ1) is 14.3. The summed E-state index contributed by atoms with van der Waals surface area (Å²) in [6.45, 7) is 0. The van der Waals surface area contributed by atoms with Crippen LogP contribution in [0.2, 0.25) is 0 Å². The first-order chi connectivity index (χ1) is 12.7. The minimum atomic E-state index is 0.0591. The maximum atomic E-state index is 13.1. The predicted octanol–water partition coefficient (Wildman–Crippen LogP) is 6.71. The monoisotopic (exact) mass is 398 g/mol. The van der Waals surface area contributed by atoms with Crippen LogP contribution in [0.3, 0.4) is 0 Å². The second kappa shape index (κ2) is 4.83. The number of carbonyl (C=O) groups is 1. The molecule has 1 aromatic heterocycles. The van der Waals surface area contributed by atoms with Crippen molar-refractivity contribution in [3.8, 4) is 11.1 Å². The predicted molar refractivity (Wildman–Crippen MR) is 108 cm³/mol. The number of hydrogen-bond acceptors (Lipinski definition) is 2. The Morgan fingerprint density at radius 3 is 2.27 bits per heavy atom. The van der Waals surface area contributed by atoms with Crippen molar-refractivity contribution in [3.05, 3.63) is 82.3 Å². The van der Waals surface area contributed by atoms with Gasteiger partial charge in [-0.1, -0.05) is 58.4 Å². The summed E-state index contributed by atoms with van der Waals surface area (Å²) in [6, 6.07) is 22.1. The average molecular weight is 399 g/mol. The zero-order chi connectivity index (χ0) is 17.4. The summed E-state index contributed by atoms with van der Waals surface area (Å²) in [5.74, 6) is 0.0591. The Kier molecular flexibility index (Phi) is 2.65. The third-order valence-corrected chi connectivity index (χ3v) is 5.94. The molecule has 0 N–H and O–H groups in total. The number of hydrogen-bond donors (Lipinski definition) is 0. The lowest BCUT2D eigenvalue weighted by atomic mass is 9.96. The van der Waals surface area contributed by atoms with Gasteiger partial charge < -0.3 is 4.42 Å². The van der Waals surface area contributed by atoms with Gasteiger partial charge in [-0.05, 0) is 35.0 Å². The fraction of sp³-hybridized carbons (Fsp3) is 0. The van der Waals surface area contributed by atoms with Crippen LogP contribution in [-0.2, 0) is 0 Å². The lowest BCUT2D eigenvalue weighted by Crippen LogP contribution is -1.95. The number of ketones is 1. The van der Waals surface area contributed by atoms with E-state index in [2.05, 4.69) is 34.1 Å². The summed E-state index contributed by atoms with van der Waals surface area (Å²) in [5.41, 5.74) is 4.99. The van der Waals surface area contributed by atoms with Crippen LogP contribution >= 0.6 is 15.9 Å². The van der Waals surface area contributed by atoms with Crippen molar-refractivity contribution in [1.29, 1.82) is 0 Å². The SMILES string of the molecule is O=C1c2cc(Br)c3ccccc3c2-c2c1ccc1c2oc2ccccc21. The molecule has 0 saturated heterocycles. The van der Waals surface area contributed by atoms with Gasteiger partial charge in [0.25, 0.3) is 0 Å². The van der Waals surface area contributed by atoms with Crippen LogP contribution in [0.25, 0.3) is 43.8 Å². The molecule has 1 aliphatic rings. The third kappa shape index (κ3) is 1.64. The van der Waals surface area contributed by atoms with Crippen molar-refractivity contribution in [2.24, 2.45) is 0 Å². The lowest BCUT2D eigenvalue weighted by Gasteiger charge is -2.08. The molecule has 4 aromatic carbocycles. The minimum Gasteiger partial charge on any atom is -0.455 e. The van der Waals surface area contributed by atoms with Crippen LogP contribution < -0.4 is 0 Å². The molecule has 122 valence electrons. The number of halogens is 1. The number of benzene rings is 4. The summed E-state index contributed by atoms with van der Waals surface area (Å²) < 4.78 is 7.15. The van der Waals surface area contributed by atoms with E-state index in [0.29, 0.717) is 0 Å². The lowest BCUT2D eigenvalue weighted by molar-refractivity contribution is 0.104. The fourth-order valence-electron chi connectivity index (χ4n) is 4.15. The standard InChI is InChI=1S/C23H11BrO2/c24-18-11-17-20(14-7-2-1-5-12(14)18)21-16(22(17)25)10-9-15-13-6-3-4-8-19(13)26-23(15)21/h1-11H. The number of fused-ring (bicyclic) bond motifs is 9. The van der Waals surface area contributed by atoms with Crippen LogP contribution in [-0.4, -0.2) is 5.78 Å². The van der Waals surface area contributed by atoms with Gasteiger partial charge in [-0.3, -0.25) is 4.79 Å². The molecule has 0 saturated carbocycles. The molecular weight excluding hydrogens is 388 g/mol. The van der Waals surface area contributed by atoms with Crippen LogP contribution in [0.4, 0.5) is 0 Å². The second-order valence-corrected chi connectivity index (χ2v) is 7.47. The first-order valence-corrected chi connectivity index (χ1v) is 9.24. The molecule has 3 heteroatoms. The molecule has 5 aromatic rings. The molecule has 0 unspecified atom stereocenters. The Labute approximate surface area is 157 Å². The number of para-hydroxylation sites is 1. The zero-order valence-corrected chi connectivity index (χ0v) is 15.1. The molecule has 2 nitrogen and oxygen atoms in total. The zero-order valence-electron chi connectivity index (χ0n) is 13.5. The van der Waals surface area contributed by atoms with Gasteiger partial charge in [0.2, 0.25) is 0 Å². The molecule has 0 aliphatic heterocycles. The van der Waals surface area contributed by atoms with Gasteiger partial charge in [-0.2, -0.15) is 0 Å². The highest BCUT2D eigenvalue weighted by atomic mass is 79.9. The van der Waals surface area contributed by atoms with Crippen molar-refractivity contribution in [1.82, 2.24) is 0 Å². The number of rotatable bonds is 0. The van der Waals surface area contributed by atoms with E-state index >= 15 is 0 Å². The molecule has 0 amide bonds. The summed E-state index contributed by atoms with van der Waals surface area (Å²) in [7, 11) is 0. The number of carbonyl (C=O) groups excluding carboxylic acids is 1. The highest BCUT2D eigenvalue weighted by Crippen LogP contribution is 2.48. The average Bonchev–Trinajstić information content (AvgIpc) is 3.18. The van der Waals surface area contributed by atoms with Gasteiger partial charge in [0, 0.05) is 37.5 Å². The Morgan fingerprint density at radius 1 is 0.692 bits per heavy atom. The van der Waals surface area contributed by atoms with E-state index in [1.807, 2.05) is 48.5 Å². The summed E-state index contributed by atoms with van der Waals surface area (Å²) in [5, 5.41) is 4.29. The van der Waals surface area contributed by atoms with Crippen molar-refractivity contribution in [2.45, 2.75) is 0 Å². The molecule has 0 atom stereocenters. The fourth-order valence-corrected chi connectivity index (χ4v) is 4.73. The Morgan fingerprint density at radius 2 is 1.42 bits per heavy atom. The first-order valence-electron chi connectivity index (χ1n) is 8.44. The smallest absolute Gasteiger partial charge is 0.194 e. The molecule has 0 bridgehead atoms. The number of furan rings is 1. The van der Waals surface area contributed by atoms with E-state index in [-0.39, 0.29) is 5.78 Å². The highest BCUT2D eigenvalue weighted by molar-refractivity contribution is 9.10. The third-order valence-electron chi connectivity index (χ3n) is 5.28. The quantitative estimate of drug-likeness (QED) is 0.284. The van der Waals surface area contributed by atoms with Gasteiger partial charge in [-0.15, -0.1) is 0 Å². The van der Waals surface area contributed by atoms with Gasteiger partial charge in [0.15, 0.2) is 5.78 Å². The summed E-state index contributed by atoms with van der Waals surface area (Å²) in [6.07, 6.45) is 0. The van der Waals surface area contributed by atoms with E-state index in [4.69, 9.17) is 4.42 Å². The van der Waals surface area contributed by atoms with Crippen LogP contribution in [0.5, 0.6) is 0 Å². The van der Waals surface area contributed by atoms with Gasteiger partial charge in [0.05, 0.1) is 0 Å². The van der Waals surface area contributed by atoms with E-state index in [9.17, 15) is 4.79 Å². The maximum Gasteiger partial charge on any atom is 0.194 e. The molecule has 1 heterocycles. The van der Waals surface area contributed by atoms with Gasteiger partial charge in [0.1, 0.15) is 11.2 Å². The Hall–Kier alpha value is -2.91. The molecule has 6 rings (SSSR count). The van der Waals surface area contributed by atoms with Crippen molar-refractivity contribution in [2.75, 3.05) is 0 Å². The van der Waals surface area contributed by atoms with Gasteiger partial charge >= 0.3 is 0 Å². The van der Waals surface area contributed by atoms with Crippen LogP contribution in [0.15, 0.2) is 75.6 Å². The molecule has 0 spiro atoms. The molecule has 1 aliphatic carbocycles. The van der Waals surface area contributed by atoms with Crippen LogP contribution in [0.1, 0.15) is 15.9 Å². The largest absolute Gasteiger partial charge is 0.455 e. The Balaban J connectivity index is 1.87. The normalized spacial score (nSPS) is 12.9. The molecule has 26 heavy (non-hydrogen) atoms. The highest BCUT2D eigenvalue weighted by Gasteiger charge is 2.32. The molecular formula is C23H11BrO2. The van der Waals surface area contributed by atoms with Crippen molar-refractivity contribution < 1.29 is 9.21 Å². The van der Waals surface area contributed by atoms with E-state index in [1.54, 1.807) is 0 Å². The summed E-state index contributed by atoms with van der Waals surface area (Å²) >= 11 is 3.62. The molecule has 0 radical (unpaired) electrons. The summed E-state index contributed by atoms with van der Waals surface area (Å²) in [4.78, 5) is 13.1. The van der Waals surface area contributed by atoms with E-state index in [1.165, 1.54) is 0 Å². The van der Waals surface area contributed by atoms with Crippen molar-refractivity contribution >= 4 is 54.4 Å². The maximum absolute atomic E-state index is 13.1. The van der Waals surface area contributed by atoms with Crippen LogP contribution in [0, 0.1) is 0 Å². The Bertz CT molecular complexity index is 1410.